The number of halogens is 1. The maximum atomic E-state index is 12.6. The summed E-state index contributed by atoms with van der Waals surface area (Å²) in [7, 11) is 1.65. The molecule has 0 unspecified atom stereocenters. The molecule has 1 amide bonds. The van der Waals surface area contributed by atoms with Crippen molar-refractivity contribution in [2.24, 2.45) is 0 Å². The molecule has 0 saturated carbocycles. The van der Waals surface area contributed by atoms with E-state index < -0.39 is 0 Å². The summed E-state index contributed by atoms with van der Waals surface area (Å²) in [4.78, 5) is 12.6. The van der Waals surface area contributed by atoms with Gasteiger partial charge in [-0.15, -0.1) is 0 Å². The van der Waals surface area contributed by atoms with Crippen LogP contribution in [0.25, 0.3) is 0 Å². The highest BCUT2D eigenvalue weighted by Gasteiger charge is 2.41. The van der Waals surface area contributed by atoms with Crippen molar-refractivity contribution in [2.75, 3.05) is 7.11 Å². The molecule has 1 aliphatic heterocycles. The highest BCUT2D eigenvalue weighted by atomic mass is 79.9. The Bertz CT molecular complexity index is 722. The van der Waals surface area contributed by atoms with Gasteiger partial charge in [-0.2, -0.15) is 0 Å². The zero-order valence-electron chi connectivity index (χ0n) is 14.2. The van der Waals surface area contributed by atoms with Gasteiger partial charge >= 0.3 is 0 Å². The molecule has 1 fully saturated rings. The van der Waals surface area contributed by atoms with Crippen LogP contribution in [0.4, 0.5) is 0 Å². The Morgan fingerprint density at radius 3 is 2.21 bits per heavy atom. The van der Waals surface area contributed by atoms with Crippen molar-refractivity contribution < 1.29 is 9.53 Å². The Morgan fingerprint density at radius 2 is 1.62 bits per heavy atom. The second kappa shape index (κ2) is 6.60. The predicted octanol–water partition coefficient (Wildman–Crippen LogP) is 4.62. The lowest BCUT2D eigenvalue weighted by Crippen LogP contribution is -2.54. The molecule has 1 aliphatic rings. The number of ether oxygens (including phenoxy) is 1. The highest BCUT2D eigenvalue weighted by molar-refractivity contribution is 9.10. The van der Waals surface area contributed by atoms with Crippen LogP contribution in [0.2, 0.25) is 0 Å². The summed E-state index contributed by atoms with van der Waals surface area (Å²) in [5, 5.41) is 3.21. The normalized spacial score (nSPS) is 22.8. The van der Waals surface area contributed by atoms with Crippen molar-refractivity contribution in [3.8, 4) is 5.75 Å². The van der Waals surface area contributed by atoms with Gasteiger partial charge in [0.05, 0.1) is 13.0 Å². The average molecular weight is 388 g/mol. The fraction of sp³-hybridized carbons (Fsp3) is 0.350. The second-order valence-electron chi connectivity index (χ2n) is 6.88. The zero-order valence-corrected chi connectivity index (χ0v) is 15.8. The number of methoxy groups -OCH3 is 1. The molecule has 0 aromatic heterocycles. The smallest absolute Gasteiger partial charge is 0.227 e. The molecule has 1 N–H and O–H groups in total. The van der Waals surface area contributed by atoms with Gasteiger partial charge in [-0.3, -0.25) is 4.79 Å². The van der Waals surface area contributed by atoms with E-state index in [-0.39, 0.29) is 23.3 Å². The van der Waals surface area contributed by atoms with E-state index in [0.717, 1.165) is 22.2 Å². The van der Waals surface area contributed by atoms with E-state index in [2.05, 4.69) is 59.4 Å². The molecule has 2 aromatic rings. The number of amides is 1. The van der Waals surface area contributed by atoms with Crippen molar-refractivity contribution in [1.29, 1.82) is 0 Å². The fourth-order valence-corrected chi connectivity index (χ4v) is 3.76. The van der Waals surface area contributed by atoms with Crippen LogP contribution in [0.15, 0.2) is 53.0 Å². The van der Waals surface area contributed by atoms with E-state index in [4.69, 9.17) is 4.74 Å². The summed E-state index contributed by atoms with van der Waals surface area (Å²) in [6, 6.07) is 16.2. The first-order chi connectivity index (χ1) is 11.4. The molecule has 2 aromatic carbocycles. The quantitative estimate of drug-likeness (QED) is 0.833. The average Bonchev–Trinajstić information content (AvgIpc) is 2.56. The monoisotopic (exact) mass is 387 g/mol. The summed E-state index contributed by atoms with van der Waals surface area (Å²) in [5.74, 6) is 1.02. The Labute approximate surface area is 151 Å². The standard InChI is InChI=1S/C20H22BrNO2/c1-20(2)18(14-4-8-15(21)9-5-14)12-17(19(23)22-20)13-6-10-16(24-3)11-7-13/h4-11,17-18H,12H2,1-3H3,(H,22,23)/t17-,18+/m1/s1. The number of carbonyl (C=O) groups is 1. The molecule has 1 heterocycles. The van der Waals surface area contributed by atoms with E-state index in [1.165, 1.54) is 5.56 Å². The Morgan fingerprint density at radius 1 is 1.04 bits per heavy atom. The van der Waals surface area contributed by atoms with Gasteiger partial charge < -0.3 is 10.1 Å². The lowest BCUT2D eigenvalue weighted by Gasteiger charge is -2.43. The van der Waals surface area contributed by atoms with Gasteiger partial charge in [0, 0.05) is 15.9 Å². The first-order valence-electron chi connectivity index (χ1n) is 8.12. The van der Waals surface area contributed by atoms with Crippen LogP contribution in [0.1, 0.15) is 43.2 Å². The first-order valence-corrected chi connectivity index (χ1v) is 8.91. The SMILES string of the molecule is COc1ccc([C@H]2C[C@@H](c3ccc(Br)cc3)C(C)(C)NC2=O)cc1. The van der Waals surface area contributed by atoms with Crippen LogP contribution < -0.4 is 10.1 Å². The van der Waals surface area contributed by atoms with Crippen LogP contribution in [0, 0.1) is 0 Å². The summed E-state index contributed by atoms with van der Waals surface area (Å²) < 4.78 is 6.28. The van der Waals surface area contributed by atoms with Gasteiger partial charge in [0.1, 0.15) is 5.75 Å². The largest absolute Gasteiger partial charge is 0.497 e. The Balaban J connectivity index is 1.91. The molecule has 0 spiro atoms. The van der Waals surface area contributed by atoms with Gasteiger partial charge in [0.2, 0.25) is 5.91 Å². The maximum absolute atomic E-state index is 12.6. The molecule has 0 radical (unpaired) electrons. The summed E-state index contributed by atoms with van der Waals surface area (Å²) in [6.07, 6.45) is 0.798. The van der Waals surface area contributed by atoms with Crippen LogP contribution in [-0.2, 0) is 4.79 Å². The number of carbonyl (C=O) groups excluding carboxylic acids is 1. The lowest BCUT2D eigenvalue weighted by molar-refractivity contribution is -0.127. The predicted molar refractivity (Wildman–Crippen MR) is 99.5 cm³/mol. The lowest BCUT2D eigenvalue weighted by atomic mass is 9.71. The van der Waals surface area contributed by atoms with Crippen molar-refractivity contribution in [2.45, 2.75) is 37.6 Å². The third kappa shape index (κ3) is 3.34. The van der Waals surface area contributed by atoms with Gasteiger partial charge in [-0.1, -0.05) is 40.2 Å². The molecular formula is C20H22BrNO2. The van der Waals surface area contributed by atoms with Crippen LogP contribution >= 0.6 is 15.9 Å². The first kappa shape index (κ1) is 17.0. The van der Waals surface area contributed by atoms with Crippen LogP contribution in [-0.4, -0.2) is 18.6 Å². The number of nitrogens with one attached hydrogen (secondary N) is 1. The summed E-state index contributed by atoms with van der Waals surface area (Å²) in [5.41, 5.74) is 2.01. The molecular weight excluding hydrogens is 366 g/mol. The Kier molecular flexibility index (Phi) is 4.68. The molecule has 24 heavy (non-hydrogen) atoms. The van der Waals surface area contributed by atoms with E-state index in [0.29, 0.717) is 0 Å². The summed E-state index contributed by atoms with van der Waals surface area (Å²) in [6.45, 7) is 4.20. The molecule has 3 rings (SSSR count). The van der Waals surface area contributed by atoms with Crippen molar-refractivity contribution in [3.05, 3.63) is 64.1 Å². The van der Waals surface area contributed by atoms with Gasteiger partial charge in [0.25, 0.3) is 0 Å². The van der Waals surface area contributed by atoms with Crippen LogP contribution in [0.5, 0.6) is 5.75 Å². The minimum atomic E-state index is -0.270. The molecule has 0 aliphatic carbocycles. The fourth-order valence-electron chi connectivity index (χ4n) is 3.50. The van der Waals surface area contributed by atoms with Crippen molar-refractivity contribution in [3.63, 3.8) is 0 Å². The second-order valence-corrected chi connectivity index (χ2v) is 7.79. The molecule has 1 saturated heterocycles. The topological polar surface area (TPSA) is 38.3 Å². The maximum Gasteiger partial charge on any atom is 0.227 e. The van der Waals surface area contributed by atoms with Crippen LogP contribution in [0.3, 0.4) is 0 Å². The number of rotatable bonds is 3. The van der Waals surface area contributed by atoms with Gasteiger partial charge in [-0.25, -0.2) is 0 Å². The third-order valence-corrected chi connectivity index (χ3v) is 5.42. The summed E-state index contributed by atoms with van der Waals surface area (Å²) >= 11 is 3.49. The minimum absolute atomic E-state index is 0.0959. The van der Waals surface area contributed by atoms with E-state index in [1.807, 2.05) is 24.3 Å². The molecule has 2 atom stereocenters. The van der Waals surface area contributed by atoms with E-state index in [1.54, 1.807) is 7.11 Å². The van der Waals surface area contributed by atoms with Crippen molar-refractivity contribution in [1.82, 2.24) is 5.32 Å². The Hall–Kier alpha value is -1.81. The van der Waals surface area contributed by atoms with Gasteiger partial charge in [0.15, 0.2) is 0 Å². The molecule has 4 heteroatoms. The number of hydrogen-bond donors (Lipinski definition) is 1. The van der Waals surface area contributed by atoms with E-state index >= 15 is 0 Å². The minimum Gasteiger partial charge on any atom is -0.497 e. The molecule has 126 valence electrons. The molecule has 3 nitrogen and oxygen atoms in total. The van der Waals surface area contributed by atoms with Gasteiger partial charge in [-0.05, 0) is 55.7 Å². The highest BCUT2D eigenvalue weighted by Crippen LogP contribution is 2.41. The zero-order chi connectivity index (χ0) is 17.3. The number of hydrogen-bond acceptors (Lipinski definition) is 2. The number of piperidine rings is 1. The molecule has 0 bridgehead atoms. The number of benzene rings is 2. The third-order valence-electron chi connectivity index (χ3n) is 4.89. The van der Waals surface area contributed by atoms with E-state index in [9.17, 15) is 4.79 Å². The van der Waals surface area contributed by atoms with Crippen molar-refractivity contribution >= 4 is 21.8 Å².